The highest BCUT2D eigenvalue weighted by Crippen LogP contribution is 2.29. The first-order valence-corrected chi connectivity index (χ1v) is 11.0. The average Bonchev–Trinajstić information content (AvgIpc) is 3.25. The molecule has 0 saturated heterocycles. The summed E-state index contributed by atoms with van der Waals surface area (Å²) < 4.78 is 5.42. The second-order valence-electron chi connectivity index (χ2n) is 7.16. The Hall–Kier alpha value is -3.78. The van der Waals surface area contributed by atoms with Gasteiger partial charge in [-0.05, 0) is 30.2 Å². The molecule has 0 aliphatic carbocycles. The van der Waals surface area contributed by atoms with Gasteiger partial charge in [-0.2, -0.15) is 0 Å². The fourth-order valence-corrected chi connectivity index (χ4v) is 4.24. The molecule has 0 atom stereocenters. The van der Waals surface area contributed by atoms with Crippen molar-refractivity contribution in [2.24, 2.45) is 0 Å². The minimum atomic E-state index is -0.611. The van der Waals surface area contributed by atoms with Crippen LogP contribution in [0.1, 0.15) is 35.5 Å². The molecule has 2 aromatic heterocycles. The molecule has 0 aliphatic rings. The average molecular weight is 448 g/mol. The quantitative estimate of drug-likeness (QED) is 0.437. The lowest BCUT2D eigenvalue weighted by Gasteiger charge is -2.18. The highest BCUT2D eigenvalue weighted by molar-refractivity contribution is 7.14. The summed E-state index contributed by atoms with van der Waals surface area (Å²) in [5, 5.41) is 2.85. The Morgan fingerprint density at radius 1 is 1.12 bits per heavy atom. The number of para-hydroxylation sites is 1. The predicted octanol–water partition coefficient (Wildman–Crippen LogP) is 4.59. The summed E-state index contributed by atoms with van der Waals surface area (Å²) in [6.07, 6.45) is 0.912. The number of aromatic nitrogens is 2. The van der Waals surface area contributed by atoms with Crippen molar-refractivity contribution in [3.05, 3.63) is 87.2 Å². The smallest absolute Gasteiger partial charge is 0.339 e. The van der Waals surface area contributed by atoms with Crippen molar-refractivity contribution in [1.29, 1.82) is 0 Å². The van der Waals surface area contributed by atoms with E-state index in [2.05, 4.69) is 16.9 Å². The number of ether oxygens (including phenoxy) is 1. The number of hydrogen-bond acceptors (Lipinski definition) is 6. The Balaban J connectivity index is 1.52. The minimum Gasteiger partial charge on any atom is -0.456 e. The molecule has 1 amide bonds. The van der Waals surface area contributed by atoms with Gasteiger partial charge in [-0.15, -0.1) is 11.3 Å². The molecule has 0 radical (unpaired) electrons. The van der Waals surface area contributed by atoms with E-state index in [0.29, 0.717) is 21.7 Å². The molecule has 2 heterocycles. The zero-order chi connectivity index (χ0) is 22.7. The maximum atomic E-state index is 12.7. The summed E-state index contributed by atoms with van der Waals surface area (Å²) in [6.45, 7) is 3.48. The van der Waals surface area contributed by atoms with Crippen LogP contribution in [-0.2, 0) is 22.6 Å². The minimum absolute atomic E-state index is 0.0724. The van der Waals surface area contributed by atoms with Crippen LogP contribution in [0.2, 0.25) is 0 Å². The number of aromatic amines is 1. The SMILES string of the molecule is CCc1ccc(N(C(C)=O)c2nc(COC(=O)c3cc(=O)[nH]c4ccccc34)cs2)cc1. The lowest BCUT2D eigenvalue weighted by atomic mass is 10.1. The van der Waals surface area contributed by atoms with E-state index >= 15 is 0 Å². The molecule has 0 spiro atoms. The fraction of sp³-hybridized carbons (Fsp3) is 0.167. The normalized spacial score (nSPS) is 10.8. The number of anilines is 2. The van der Waals surface area contributed by atoms with E-state index in [9.17, 15) is 14.4 Å². The predicted molar refractivity (Wildman–Crippen MR) is 124 cm³/mol. The second kappa shape index (κ2) is 9.15. The lowest BCUT2D eigenvalue weighted by molar-refractivity contribution is -0.115. The first-order valence-electron chi connectivity index (χ1n) is 10.1. The number of carbonyl (C=O) groups is 2. The van der Waals surface area contributed by atoms with Gasteiger partial charge in [0.25, 0.3) is 0 Å². The van der Waals surface area contributed by atoms with Gasteiger partial charge in [-0.3, -0.25) is 14.5 Å². The number of nitrogens with one attached hydrogen (secondary N) is 1. The summed E-state index contributed by atoms with van der Waals surface area (Å²) in [7, 11) is 0. The number of rotatable bonds is 6. The summed E-state index contributed by atoms with van der Waals surface area (Å²) in [4.78, 5) is 45.5. The maximum Gasteiger partial charge on any atom is 0.339 e. The largest absolute Gasteiger partial charge is 0.456 e. The number of nitrogens with zero attached hydrogens (tertiary/aromatic N) is 2. The van der Waals surface area contributed by atoms with Crippen LogP contribution >= 0.6 is 11.3 Å². The standard InChI is InChI=1S/C24H21N3O4S/c1-3-16-8-10-18(11-9-16)27(15(2)28)24-25-17(14-32-24)13-31-23(30)20-12-22(29)26-21-7-5-4-6-19(20)21/h4-12,14H,3,13H2,1-2H3,(H,26,29). The van der Waals surface area contributed by atoms with E-state index in [1.54, 1.807) is 29.6 Å². The number of esters is 1. The van der Waals surface area contributed by atoms with Crippen molar-refractivity contribution in [2.45, 2.75) is 26.9 Å². The fourth-order valence-electron chi connectivity index (χ4n) is 3.36. The third kappa shape index (κ3) is 4.45. The molecule has 0 aliphatic heterocycles. The van der Waals surface area contributed by atoms with E-state index in [1.165, 1.54) is 34.8 Å². The topological polar surface area (TPSA) is 92.4 Å². The number of H-pyrrole nitrogens is 1. The van der Waals surface area contributed by atoms with Crippen LogP contribution in [0.25, 0.3) is 10.9 Å². The van der Waals surface area contributed by atoms with E-state index in [1.807, 2.05) is 24.3 Å². The highest BCUT2D eigenvalue weighted by atomic mass is 32.1. The van der Waals surface area contributed by atoms with Crippen LogP contribution in [0.15, 0.2) is 64.8 Å². The molecule has 7 nitrogen and oxygen atoms in total. The van der Waals surface area contributed by atoms with Crippen molar-refractivity contribution >= 4 is 44.9 Å². The lowest BCUT2D eigenvalue weighted by Crippen LogP contribution is -2.22. The molecule has 2 aromatic carbocycles. The number of amides is 1. The van der Waals surface area contributed by atoms with E-state index in [0.717, 1.165) is 12.1 Å². The van der Waals surface area contributed by atoms with Crippen molar-refractivity contribution < 1.29 is 14.3 Å². The van der Waals surface area contributed by atoms with Gasteiger partial charge in [0.2, 0.25) is 11.5 Å². The molecule has 0 bridgehead atoms. The molecule has 0 fully saturated rings. The summed E-state index contributed by atoms with van der Waals surface area (Å²) >= 11 is 1.29. The molecule has 0 saturated carbocycles. The van der Waals surface area contributed by atoms with E-state index < -0.39 is 5.97 Å². The summed E-state index contributed by atoms with van der Waals surface area (Å²) in [5.74, 6) is -0.775. The molecule has 1 N–H and O–H groups in total. The highest BCUT2D eigenvalue weighted by Gasteiger charge is 2.19. The molecule has 8 heteroatoms. The second-order valence-corrected chi connectivity index (χ2v) is 8.00. The molecule has 4 rings (SSSR count). The molecule has 4 aromatic rings. The van der Waals surface area contributed by atoms with Crippen LogP contribution < -0.4 is 10.5 Å². The van der Waals surface area contributed by atoms with Crippen LogP contribution in [0.4, 0.5) is 10.8 Å². The van der Waals surface area contributed by atoms with Crippen LogP contribution in [0, 0.1) is 0 Å². The first-order chi connectivity index (χ1) is 15.5. The zero-order valence-corrected chi connectivity index (χ0v) is 18.4. The molecule has 32 heavy (non-hydrogen) atoms. The Morgan fingerprint density at radius 3 is 2.59 bits per heavy atom. The number of carbonyl (C=O) groups excluding carboxylic acids is 2. The van der Waals surface area contributed by atoms with Crippen LogP contribution in [0.5, 0.6) is 0 Å². The molecular formula is C24H21N3O4S. The van der Waals surface area contributed by atoms with E-state index in [4.69, 9.17) is 4.74 Å². The summed E-state index contributed by atoms with van der Waals surface area (Å²) in [6, 6.07) is 16.0. The van der Waals surface area contributed by atoms with Gasteiger partial charge in [0.05, 0.1) is 16.9 Å². The maximum absolute atomic E-state index is 12.7. The Kier molecular flexibility index (Phi) is 6.13. The number of thiazole rings is 1. The van der Waals surface area contributed by atoms with Crippen molar-refractivity contribution in [3.63, 3.8) is 0 Å². The van der Waals surface area contributed by atoms with Crippen LogP contribution in [0.3, 0.4) is 0 Å². The zero-order valence-electron chi connectivity index (χ0n) is 17.6. The Morgan fingerprint density at radius 2 is 1.88 bits per heavy atom. The van der Waals surface area contributed by atoms with Gasteiger partial charge in [0.15, 0.2) is 5.13 Å². The van der Waals surface area contributed by atoms with Gasteiger partial charge in [0, 0.05) is 29.3 Å². The van der Waals surface area contributed by atoms with Crippen molar-refractivity contribution in [2.75, 3.05) is 4.90 Å². The van der Waals surface area contributed by atoms with Crippen molar-refractivity contribution in [3.8, 4) is 0 Å². The Bertz CT molecular complexity index is 1340. The van der Waals surface area contributed by atoms with Gasteiger partial charge in [-0.25, -0.2) is 9.78 Å². The molecule has 0 unspecified atom stereocenters. The Labute approximate surface area is 188 Å². The van der Waals surface area contributed by atoms with Crippen LogP contribution in [-0.4, -0.2) is 21.8 Å². The number of pyridine rings is 1. The third-order valence-corrected chi connectivity index (χ3v) is 5.84. The third-order valence-electron chi connectivity index (χ3n) is 4.97. The van der Waals surface area contributed by atoms with Gasteiger partial charge in [0.1, 0.15) is 6.61 Å². The summed E-state index contributed by atoms with van der Waals surface area (Å²) in [5.41, 5.74) is 2.80. The van der Waals surface area contributed by atoms with Gasteiger partial charge < -0.3 is 9.72 Å². The number of aryl methyl sites for hydroxylation is 1. The number of hydrogen-bond donors (Lipinski definition) is 1. The van der Waals surface area contributed by atoms with E-state index in [-0.39, 0.29) is 23.6 Å². The molecule has 162 valence electrons. The van der Waals surface area contributed by atoms with Crippen molar-refractivity contribution in [1.82, 2.24) is 9.97 Å². The van der Waals surface area contributed by atoms with Gasteiger partial charge in [-0.1, -0.05) is 37.3 Å². The van der Waals surface area contributed by atoms with Gasteiger partial charge >= 0.3 is 5.97 Å². The number of fused-ring (bicyclic) bond motifs is 1. The number of benzene rings is 2. The first kappa shape index (κ1) is 21.5. The molecular weight excluding hydrogens is 426 g/mol. The monoisotopic (exact) mass is 447 g/mol.